The van der Waals surface area contributed by atoms with Crippen LogP contribution in [-0.4, -0.2) is 52.4 Å². The Morgan fingerprint density at radius 3 is 2.79 bits per heavy atom. The van der Waals surface area contributed by atoms with E-state index in [4.69, 9.17) is 4.74 Å². The average Bonchev–Trinajstić information content (AvgIpc) is 3.29. The lowest BCUT2D eigenvalue weighted by atomic mass is 10.1. The zero-order valence-corrected chi connectivity index (χ0v) is 15.9. The number of amides is 1. The molecular weight excluding hydrogens is 375 g/mol. The lowest BCUT2D eigenvalue weighted by Gasteiger charge is -2.28. The van der Waals surface area contributed by atoms with Gasteiger partial charge in [-0.25, -0.2) is 9.37 Å². The molecule has 0 aliphatic carbocycles. The van der Waals surface area contributed by atoms with Gasteiger partial charge in [-0.2, -0.15) is 0 Å². The van der Waals surface area contributed by atoms with E-state index >= 15 is 0 Å². The second kappa shape index (κ2) is 8.36. The summed E-state index contributed by atoms with van der Waals surface area (Å²) in [6, 6.07) is 9.36. The maximum atomic E-state index is 14.4. The number of pyridine rings is 1. The summed E-state index contributed by atoms with van der Waals surface area (Å²) in [6.45, 7) is 4.28. The monoisotopic (exact) mass is 396 g/mol. The van der Waals surface area contributed by atoms with Crippen LogP contribution in [0.2, 0.25) is 0 Å². The molecule has 3 aromatic rings. The second-order valence-corrected chi connectivity index (χ2v) is 6.75. The number of halogens is 1. The van der Waals surface area contributed by atoms with Crippen LogP contribution in [0.15, 0.2) is 42.7 Å². The van der Waals surface area contributed by atoms with Crippen LogP contribution in [0.1, 0.15) is 29.1 Å². The number of rotatable bonds is 5. The van der Waals surface area contributed by atoms with Crippen molar-refractivity contribution in [2.75, 3.05) is 31.2 Å². The second-order valence-electron chi connectivity index (χ2n) is 6.75. The maximum Gasteiger partial charge on any atom is 0.252 e. The summed E-state index contributed by atoms with van der Waals surface area (Å²) >= 11 is 0. The highest BCUT2D eigenvalue weighted by molar-refractivity contribution is 5.96. The molecule has 3 heterocycles. The minimum absolute atomic E-state index is 0.302. The number of carbonyl (C=O) groups is 1. The summed E-state index contributed by atoms with van der Waals surface area (Å²) in [4.78, 5) is 22.5. The van der Waals surface area contributed by atoms with Crippen molar-refractivity contribution in [1.29, 1.82) is 0 Å². The van der Waals surface area contributed by atoms with E-state index in [1.807, 2.05) is 4.90 Å². The molecule has 1 aromatic carbocycles. The highest BCUT2D eigenvalue weighted by atomic mass is 19.1. The van der Waals surface area contributed by atoms with Crippen LogP contribution in [0, 0.1) is 5.82 Å². The van der Waals surface area contributed by atoms with Crippen LogP contribution in [-0.2, 0) is 4.74 Å². The Morgan fingerprint density at radius 2 is 2.07 bits per heavy atom. The van der Waals surface area contributed by atoms with Crippen LogP contribution >= 0.6 is 0 Å². The summed E-state index contributed by atoms with van der Waals surface area (Å²) < 4.78 is 19.8. The predicted octanol–water partition coefficient (Wildman–Crippen LogP) is 2.33. The molecule has 9 heteroatoms. The van der Waals surface area contributed by atoms with Crippen molar-refractivity contribution < 1.29 is 13.9 Å². The fourth-order valence-corrected chi connectivity index (χ4v) is 3.18. The number of morpholine rings is 1. The lowest BCUT2D eigenvalue weighted by molar-refractivity contribution is 0.0938. The third-order valence-electron chi connectivity index (χ3n) is 4.75. The largest absolute Gasteiger partial charge is 0.378 e. The van der Waals surface area contributed by atoms with Gasteiger partial charge in [-0.05, 0) is 31.2 Å². The topological polar surface area (TPSA) is 96.0 Å². The molecule has 4 rings (SSSR count). The number of nitrogens with zero attached hydrogens (tertiary/aromatic N) is 4. The molecule has 1 aliphatic rings. The van der Waals surface area contributed by atoms with Gasteiger partial charge in [0.1, 0.15) is 18.0 Å². The molecule has 8 nitrogen and oxygen atoms in total. The number of aromatic nitrogens is 4. The number of benzene rings is 1. The summed E-state index contributed by atoms with van der Waals surface area (Å²) in [7, 11) is 0. The van der Waals surface area contributed by atoms with Crippen LogP contribution in [0.25, 0.3) is 11.3 Å². The molecule has 2 aromatic heterocycles. The Hall–Kier alpha value is -3.33. The summed E-state index contributed by atoms with van der Waals surface area (Å²) in [5, 5.41) is 10.5. The molecule has 0 bridgehead atoms. The first-order chi connectivity index (χ1) is 14.1. The fourth-order valence-electron chi connectivity index (χ4n) is 3.18. The van der Waals surface area contributed by atoms with Gasteiger partial charge in [0.15, 0.2) is 5.82 Å². The zero-order valence-electron chi connectivity index (χ0n) is 15.9. The number of nitrogens with one attached hydrogen (secondary N) is 2. The maximum absolute atomic E-state index is 14.4. The van der Waals surface area contributed by atoms with Crippen LogP contribution < -0.4 is 10.2 Å². The molecule has 1 atom stereocenters. The molecular formula is C20H21FN6O2. The zero-order chi connectivity index (χ0) is 20.2. The van der Waals surface area contributed by atoms with Crippen molar-refractivity contribution >= 4 is 11.7 Å². The van der Waals surface area contributed by atoms with E-state index in [2.05, 4.69) is 25.5 Å². The van der Waals surface area contributed by atoms with Crippen molar-refractivity contribution in [1.82, 2.24) is 25.5 Å². The van der Waals surface area contributed by atoms with Gasteiger partial charge in [-0.3, -0.25) is 4.79 Å². The Bertz CT molecular complexity index is 988. The molecule has 0 unspecified atom stereocenters. The van der Waals surface area contributed by atoms with Gasteiger partial charge in [0.2, 0.25) is 0 Å². The number of H-pyrrole nitrogens is 1. The number of anilines is 1. The highest BCUT2D eigenvalue weighted by Crippen LogP contribution is 2.26. The van der Waals surface area contributed by atoms with Crippen molar-refractivity contribution in [3.8, 4) is 11.3 Å². The van der Waals surface area contributed by atoms with E-state index in [1.165, 1.54) is 12.4 Å². The van der Waals surface area contributed by atoms with E-state index in [0.717, 1.165) is 0 Å². The minimum atomic E-state index is -0.388. The third kappa shape index (κ3) is 4.24. The fraction of sp³-hybridized carbons (Fsp3) is 0.300. The molecule has 1 fully saturated rings. The van der Waals surface area contributed by atoms with E-state index in [1.54, 1.807) is 37.3 Å². The standard InChI is InChI=1S/C20H21FN6O2/c1-13(19-22-12-23-26-19)24-20(28)14-10-17(15-4-2-3-5-16(15)21)25-18(11-14)27-6-8-29-9-7-27/h2-5,10-13H,6-9H2,1H3,(H,24,28)(H,22,23,26)/t13-/m0/s1. The molecule has 0 saturated carbocycles. The van der Waals surface area contributed by atoms with Gasteiger partial charge in [-0.15, -0.1) is 10.2 Å². The van der Waals surface area contributed by atoms with Crippen LogP contribution in [0.3, 0.4) is 0 Å². The van der Waals surface area contributed by atoms with E-state index in [-0.39, 0.29) is 17.8 Å². The predicted molar refractivity (Wildman–Crippen MR) is 105 cm³/mol. The first-order valence-corrected chi connectivity index (χ1v) is 9.38. The van der Waals surface area contributed by atoms with Crippen molar-refractivity contribution in [3.63, 3.8) is 0 Å². The summed E-state index contributed by atoms with van der Waals surface area (Å²) in [5.74, 6) is 0.477. The van der Waals surface area contributed by atoms with Crippen molar-refractivity contribution in [2.24, 2.45) is 0 Å². The number of hydrogen-bond donors (Lipinski definition) is 2. The van der Waals surface area contributed by atoms with Crippen LogP contribution in [0.4, 0.5) is 10.2 Å². The molecule has 1 amide bonds. The molecule has 1 saturated heterocycles. The summed E-state index contributed by atoms with van der Waals surface area (Å²) in [5.41, 5.74) is 1.15. The molecule has 150 valence electrons. The van der Waals surface area contributed by atoms with Crippen molar-refractivity contribution in [2.45, 2.75) is 13.0 Å². The molecule has 1 aliphatic heterocycles. The van der Waals surface area contributed by atoms with Gasteiger partial charge in [0.25, 0.3) is 5.91 Å². The van der Waals surface area contributed by atoms with Gasteiger partial charge >= 0.3 is 0 Å². The smallest absolute Gasteiger partial charge is 0.252 e. The van der Waals surface area contributed by atoms with Crippen molar-refractivity contribution in [3.05, 3.63) is 59.9 Å². The molecule has 29 heavy (non-hydrogen) atoms. The van der Waals surface area contributed by atoms with E-state index in [0.29, 0.717) is 54.8 Å². The minimum Gasteiger partial charge on any atom is -0.378 e. The van der Waals surface area contributed by atoms with Gasteiger partial charge in [-0.1, -0.05) is 12.1 Å². The third-order valence-corrected chi connectivity index (χ3v) is 4.75. The SMILES string of the molecule is C[C@H](NC(=O)c1cc(-c2ccccc2F)nc(N2CCOCC2)c1)c1nnc[nH]1. The molecule has 0 spiro atoms. The first kappa shape index (κ1) is 19.0. The number of carbonyl (C=O) groups excluding carboxylic acids is 1. The molecule has 0 radical (unpaired) electrons. The Morgan fingerprint density at radius 1 is 1.28 bits per heavy atom. The van der Waals surface area contributed by atoms with Gasteiger partial charge in [0.05, 0.1) is 24.9 Å². The Labute approximate surface area is 167 Å². The molecule has 2 N–H and O–H groups in total. The number of aromatic amines is 1. The average molecular weight is 396 g/mol. The van der Waals surface area contributed by atoms with Crippen LogP contribution in [0.5, 0.6) is 0 Å². The number of hydrogen-bond acceptors (Lipinski definition) is 6. The Balaban J connectivity index is 1.69. The Kier molecular flexibility index (Phi) is 5.48. The van der Waals surface area contributed by atoms with Gasteiger partial charge < -0.3 is 19.9 Å². The van der Waals surface area contributed by atoms with E-state index in [9.17, 15) is 9.18 Å². The van der Waals surface area contributed by atoms with Gasteiger partial charge in [0, 0.05) is 24.2 Å². The number of ether oxygens (including phenoxy) is 1. The highest BCUT2D eigenvalue weighted by Gasteiger charge is 2.20. The lowest BCUT2D eigenvalue weighted by Crippen LogP contribution is -2.37. The first-order valence-electron chi connectivity index (χ1n) is 9.38. The normalized spacial score (nSPS) is 15.2. The van der Waals surface area contributed by atoms with E-state index < -0.39 is 0 Å². The summed E-state index contributed by atoms with van der Waals surface area (Å²) in [6.07, 6.45) is 1.46. The quantitative estimate of drug-likeness (QED) is 0.687.